The summed E-state index contributed by atoms with van der Waals surface area (Å²) in [6.45, 7) is 4.24. The van der Waals surface area contributed by atoms with Crippen LogP contribution in [0.1, 0.15) is 5.82 Å². The third-order valence-electron chi connectivity index (χ3n) is 5.83. The molecule has 2 heterocycles. The maximum absolute atomic E-state index is 11.8. The standard InChI is InChI=1S/C24H23Cl2N3O4/c1-4-21(31)29-11-15(17(30)12-29)8-20-27-10-14-7-13(5-6-16(14)28-20)22-23(25)18(32-2)9-19(33-3)24(22)26/h4-7,9-10,15,17,30H,1,8,11-12H2,2-3H3/t15-,17-/m1/s1. The number of rotatable bonds is 6. The zero-order valence-electron chi connectivity index (χ0n) is 18.2. The normalized spacial score (nSPS) is 17.9. The lowest BCUT2D eigenvalue weighted by molar-refractivity contribution is -0.125. The van der Waals surface area contributed by atoms with E-state index in [1.807, 2.05) is 18.2 Å². The highest BCUT2D eigenvalue weighted by Crippen LogP contribution is 2.46. The Kier molecular flexibility index (Phi) is 6.74. The van der Waals surface area contributed by atoms with Gasteiger partial charge in [0.2, 0.25) is 5.91 Å². The van der Waals surface area contributed by atoms with E-state index in [4.69, 9.17) is 32.7 Å². The molecule has 7 nitrogen and oxygen atoms in total. The molecule has 0 unspecified atom stereocenters. The summed E-state index contributed by atoms with van der Waals surface area (Å²) < 4.78 is 10.7. The highest BCUT2D eigenvalue weighted by molar-refractivity contribution is 6.41. The zero-order valence-corrected chi connectivity index (χ0v) is 19.7. The van der Waals surface area contributed by atoms with Gasteiger partial charge in [0.05, 0.1) is 35.9 Å². The van der Waals surface area contributed by atoms with Gasteiger partial charge in [0.15, 0.2) is 0 Å². The van der Waals surface area contributed by atoms with Gasteiger partial charge < -0.3 is 19.5 Å². The minimum Gasteiger partial charge on any atom is -0.495 e. The highest BCUT2D eigenvalue weighted by atomic mass is 35.5. The van der Waals surface area contributed by atoms with Crippen LogP contribution in [-0.4, -0.2) is 59.3 Å². The van der Waals surface area contributed by atoms with Crippen molar-refractivity contribution in [2.24, 2.45) is 5.92 Å². The maximum Gasteiger partial charge on any atom is 0.246 e. The minimum absolute atomic E-state index is 0.132. The van der Waals surface area contributed by atoms with Crippen molar-refractivity contribution in [2.45, 2.75) is 12.5 Å². The predicted molar refractivity (Wildman–Crippen MR) is 128 cm³/mol. The number of aliphatic hydroxyl groups is 1. The number of hydrogen-bond donors (Lipinski definition) is 1. The van der Waals surface area contributed by atoms with Crippen LogP contribution in [0.5, 0.6) is 11.5 Å². The van der Waals surface area contributed by atoms with Crippen molar-refractivity contribution in [1.82, 2.24) is 14.9 Å². The number of benzene rings is 2. The molecule has 2 atom stereocenters. The first-order chi connectivity index (χ1) is 15.9. The smallest absolute Gasteiger partial charge is 0.246 e. The van der Waals surface area contributed by atoms with Gasteiger partial charge in [0.25, 0.3) is 0 Å². The van der Waals surface area contributed by atoms with E-state index in [0.717, 1.165) is 16.5 Å². The van der Waals surface area contributed by atoms with Crippen molar-refractivity contribution < 1.29 is 19.4 Å². The first-order valence-electron chi connectivity index (χ1n) is 10.3. The molecule has 1 aromatic heterocycles. The average Bonchev–Trinajstić information content (AvgIpc) is 3.18. The molecule has 0 bridgehead atoms. The number of aromatic nitrogens is 2. The number of likely N-dealkylation sites (tertiary alicyclic amines) is 1. The number of halogens is 2. The molecule has 1 N–H and O–H groups in total. The van der Waals surface area contributed by atoms with E-state index in [9.17, 15) is 9.90 Å². The van der Waals surface area contributed by atoms with Gasteiger partial charge in [-0.3, -0.25) is 4.79 Å². The minimum atomic E-state index is -0.622. The van der Waals surface area contributed by atoms with Crippen LogP contribution in [0.3, 0.4) is 0 Å². The van der Waals surface area contributed by atoms with E-state index in [1.54, 1.807) is 17.2 Å². The molecule has 0 aliphatic carbocycles. The Labute approximate surface area is 201 Å². The number of hydrogen-bond acceptors (Lipinski definition) is 6. The van der Waals surface area contributed by atoms with E-state index < -0.39 is 6.10 Å². The van der Waals surface area contributed by atoms with E-state index in [0.29, 0.717) is 45.9 Å². The van der Waals surface area contributed by atoms with Crippen molar-refractivity contribution >= 4 is 40.0 Å². The number of fused-ring (bicyclic) bond motifs is 1. The molecule has 1 aliphatic rings. The van der Waals surface area contributed by atoms with Crippen molar-refractivity contribution in [3.05, 3.63) is 59.0 Å². The van der Waals surface area contributed by atoms with Gasteiger partial charge in [0.1, 0.15) is 17.3 Å². The van der Waals surface area contributed by atoms with Gasteiger partial charge >= 0.3 is 0 Å². The summed E-state index contributed by atoms with van der Waals surface area (Å²) in [5.74, 6) is 1.20. The van der Waals surface area contributed by atoms with Gasteiger partial charge in [-0.1, -0.05) is 35.8 Å². The van der Waals surface area contributed by atoms with Gasteiger partial charge in [-0.15, -0.1) is 0 Å². The number of aliphatic hydroxyl groups excluding tert-OH is 1. The molecule has 0 saturated carbocycles. The van der Waals surface area contributed by atoms with Crippen molar-refractivity contribution in [1.29, 1.82) is 0 Å². The Morgan fingerprint density at radius 1 is 1.21 bits per heavy atom. The number of carbonyl (C=O) groups is 1. The number of amides is 1. The fourth-order valence-corrected chi connectivity index (χ4v) is 4.78. The lowest BCUT2D eigenvalue weighted by Crippen LogP contribution is -2.27. The summed E-state index contributed by atoms with van der Waals surface area (Å²) in [7, 11) is 3.06. The van der Waals surface area contributed by atoms with Crippen LogP contribution in [0.4, 0.5) is 0 Å². The zero-order chi connectivity index (χ0) is 23.7. The van der Waals surface area contributed by atoms with E-state index in [-0.39, 0.29) is 18.4 Å². The summed E-state index contributed by atoms with van der Waals surface area (Å²) in [6.07, 6.45) is 2.83. The molecule has 3 aromatic rings. The number of nitrogens with zero attached hydrogens (tertiary/aromatic N) is 3. The summed E-state index contributed by atoms with van der Waals surface area (Å²) >= 11 is 13.1. The number of methoxy groups -OCH3 is 2. The Morgan fingerprint density at radius 2 is 1.91 bits per heavy atom. The molecule has 172 valence electrons. The molecule has 0 radical (unpaired) electrons. The first kappa shape index (κ1) is 23.3. The Hall–Kier alpha value is -2.87. The second kappa shape index (κ2) is 9.55. The number of ether oxygens (including phenoxy) is 2. The second-order valence-corrected chi connectivity index (χ2v) is 8.58. The van der Waals surface area contributed by atoms with E-state index in [1.165, 1.54) is 20.3 Å². The lowest BCUT2D eigenvalue weighted by Gasteiger charge is -2.15. The average molecular weight is 488 g/mol. The largest absolute Gasteiger partial charge is 0.495 e. The summed E-state index contributed by atoms with van der Waals surface area (Å²) in [5, 5.41) is 11.9. The number of β-amino-alcohol motifs (C(OH)–C–C–N with tert-alkyl or cyclic N) is 1. The summed E-state index contributed by atoms with van der Waals surface area (Å²) in [5.41, 5.74) is 2.12. The molecule has 4 rings (SSSR count). The Morgan fingerprint density at radius 3 is 2.55 bits per heavy atom. The molecule has 1 saturated heterocycles. The monoisotopic (exact) mass is 487 g/mol. The number of carbonyl (C=O) groups excluding carboxylic acids is 1. The molecular formula is C24H23Cl2N3O4. The molecule has 0 spiro atoms. The van der Waals surface area contributed by atoms with Crippen molar-refractivity contribution in [3.63, 3.8) is 0 Å². The SMILES string of the molecule is C=CC(=O)N1C[C@@H](Cc2ncc3cc(-c4c(Cl)c(OC)cc(OC)c4Cl)ccc3n2)[C@H](O)C1. The first-order valence-corrected chi connectivity index (χ1v) is 11.1. The van der Waals surface area contributed by atoms with Crippen LogP contribution in [-0.2, 0) is 11.2 Å². The van der Waals surface area contributed by atoms with Gasteiger partial charge in [-0.2, -0.15) is 0 Å². The third-order valence-corrected chi connectivity index (χ3v) is 6.58. The quantitative estimate of drug-likeness (QED) is 0.525. The van der Waals surface area contributed by atoms with Crippen molar-refractivity contribution in [3.8, 4) is 22.6 Å². The Balaban J connectivity index is 1.63. The van der Waals surface area contributed by atoms with Gasteiger partial charge in [0, 0.05) is 48.6 Å². The predicted octanol–water partition coefficient (Wildman–Crippen LogP) is 4.17. The molecule has 33 heavy (non-hydrogen) atoms. The molecular weight excluding hydrogens is 465 g/mol. The van der Waals surface area contributed by atoms with Crippen molar-refractivity contribution in [2.75, 3.05) is 27.3 Å². The fraction of sp³-hybridized carbons (Fsp3) is 0.292. The lowest BCUT2D eigenvalue weighted by atomic mass is 10.0. The molecule has 1 fully saturated rings. The van der Waals surface area contributed by atoms with Gasteiger partial charge in [-0.25, -0.2) is 9.97 Å². The molecule has 2 aromatic carbocycles. The molecule has 1 aliphatic heterocycles. The second-order valence-electron chi connectivity index (χ2n) is 7.82. The fourth-order valence-electron chi connectivity index (χ4n) is 4.06. The third kappa shape index (κ3) is 4.49. The maximum atomic E-state index is 11.8. The van der Waals surface area contributed by atoms with Crippen LogP contribution in [0.15, 0.2) is 43.1 Å². The topological polar surface area (TPSA) is 84.8 Å². The Bertz CT molecular complexity index is 1210. The molecule has 1 amide bonds. The van der Waals surface area contributed by atoms with Crippen LogP contribution >= 0.6 is 23.2 Å². The van der Waals surface area contributed by atoms with E-state index >= 15 is 0 Å². The van der Waals surface area contributed by atoms with Gasteiger partial charge in [-0.05, 0) is 23.8 Å². The summed E-state index contributed by atoms with van der Waals surface area (Å²) in [4.78, 5) is 22.6. The van der Waals surface area contributed by atoms with Crippen LogP contribution in [0.25, 0.3) is 22.0 Å². The molecule has 9 heteroatoms. The van der Waals surface area contributed by atoms with Crippen LogP contribution in [0.2, 0.25) is 10.0 Å². The highest BCUT2D eigenvalue weighted by Gasteiger charge is 2.33. The van der Waals surface area contributed by atoms with E-state index in [2.05, 4.69) is 16.5 Å². The summed E-state index contributed by atoms with van der Waals surface area (Å²) in [6, 6.07) is 7.29. The van der Waals surface area contributed by atoms with Crippen LogP contribution in [0, 0.1) is 5.92 Å². The van der Waals surface area contributed by atoms with Crippen LogP contribution < -0.4 is 9.47 Å².